The summed E-state index contributed by atoms with van der Waals surface area (Å²) in [4.78, 5) is 13.7. The van der Waals surface area contributed by atoms with Crippen LogP contribution in [0.25, 0.3) is 11.0 Å². The third-order valence-corrected chi connectivity index (χ3v) is 3.58. The number of nitrogens with zero attached hydrogens (tertiary/aromatic N) is 1. The van der Waals surface area contributed by atoms with Gasteiger partial charge in [0, 0.05) is 24.1 Å². The quantitative estimate of drug-likeness (QED) is 0.672. The highest BCUT2D eigenvalue weighted by Crippen LogP contribution is 2.24. The normalized spacial score (nSPS) is 11.2. The Bertz CT molecular complexity index is 918. The van der Waals surface area contributed by atoms with Crippen molar-refractivity contribution in [1.82, 2.24) is 4.90 Å². The molecule has 4 nitrogen and oxygen atoms in total. The topological polar surface area (TPSA) is 42.7 Å². The second-order valence-electron chi connectivity index (χ2n) is 5.91. The Kier molecular flexibility index (Phi) is 4.62. The number of halogens is 1. The van der Waals surface area contributed by atoms with Crippen molar-refractivity contribution in [3.05, 3.63) is 75.9 Å². The van der Waals surface area contributed by atoms with E-state index in [0.29, 0.717) is 17.9 Å². The fourth-order valence-corrected chi connectivity index (χ4v) is 2.56. The van der Waals surface area contributed by atoms with Gasteiger partial charge >= 0.3 is 5.63 Å². The smallest absolute Gasteiger partial charge is 0.336 e. The van der Waals surface area contributed by atoms with E-state index in [1.165, 1.54) is 18.2 Å². The first-order chi connectivity index (χ1) is 11.5. The standard InChI is InChI=1S/C19H18FNO3/c1-21(2)11-14-9-19(22)24-18-10-16(6-7-17(14)18)23-12-13-4-3-5-15(20)8-13/h3-10H,11-12H2,1-2H3. The van der Waals surface area contributed by atoms with Gasteiger partial charge in [-0.15, -0.1) is 0 Å². The summed E-state index contributed by atoms with van der Waals surface area (Å²) in [5.41, 5.74) is 1.73. The zero-order valence-corrected chi connectivity index (χ0v) is 13.6. The lowest BCUT2D eigenvalue weighted by Crippen LogP contribution is -2.13. The molecule has 0 saturated heterocycles. The Morgan fingerprint density at radius 3 is 2.71 bits per heavy atom. The molecule has 1 aromatic heterocycles. The Morgan fingerprint density at radius 1 is 1.12 bits per heavy atom. The van der Waals surface area contributed by atoms with Crippen LogP contribution < -0.4 is 10.4 Å². The zero-order chi connectivity index (χ0) is 17.1. The molecule has 0 spiro atoms. The molecule has 124 valence electrons. The lowest BCUT2D eigenvalue weighted by molar-refractivity contribution is 0.305. The molecule has 0 atom stereocenters. The zero-order valence-electron chi connectivity index (χ0n) is 13.6. The van der Waals surface area contributed by atoms with Crippen molar-refractivity contribution in [3.63, 3.8) is 0 Å². The lowest BCUT2D eigenvalue weighted by atomic mass is 10.1. The summed E-state index contributed by atoms with van der Waals surface area (Å²) in [6.45, 7) is 0.885. The maximum Gasteiger partial charge on any atom is 0.336 e. The summed E-state index contributed by atoms with van der Waals surface area (Å²) < 4.78 is 24.1. The average Bonchev–Trinajstić information content (AvgIpc) is 2.52. The predicted molar refractivity (Wildman–Crippen MR) is 90.6 cm³/mol. The highest BCUT2D eigenvalue weighted by atomic mass is 19.1. The molecule has 0 aliphatic rings. The van der Waals surface area contributed by atoms with E-state index in [2.05, 4.69) is 0 Å². The molecule has 0 radical (unpaired) electrons. The summed E-state index contributed by atoms with van der Waals surface area (Å²) in [7, 11) is 3.88. The molecule has 0 N–H and O–H groups in total. The van der Waals surface area contributed by atoms with Gasteiger partial charge in [-0.05, 0) is 49.5 Å². The van der Waals surface area contributed by atoms with Gasteiger partial charge in [0.1, 0.15) is 23.8 Å². The fourth-order valence-electron chi connectivity index (χ4n) is 2.56. The second-order valence-corrected chi connectivity index (χ2v) is 5.91. The fraction of sp³-hybridized carbons (Fsp3) is 0.211. The van der Waals surface area contributed by atoms with E-state index < -0.39 is 0 Å². The van der Waals surface area contributed by atoms with Crippen LogP contribution in [-0.4, -0.2) is 19.0 Å². The Hall–Kier alpha value is -2.66. The lowest BCUT2D eigenvalue weighted by Gasteiger charge is -2.12. The molecule has 1 heterocycles. The van der Waals surface area contributed by atoms with E-state index in [-0.39, 0.29) is 18.0 Å². The molecule has 0 fully saturated rings. The van der Waals surface area contributed by atoms with Gasteiger partial charge in [0.15, 0.2) is 0 Å². The van der Waals surface area contributed by atoms with Crippen LogP contribution >= 0.6 is 0 Å². The van der Waals surface area contributed by atoms with Gasteiger partial charge in [0.25, 0.3) is 0 Å². The molecule has 0 amide bonds. The van der Waals surface area contributed by atoms with Crippen LogP contribution in [0.1, 0.15) is 11.1 Å². The largest absolute Gasteiger partial charge is 0.489 e. The van der Waals surface area contributed by atoms with E-state index in [9.17, 15) is 9.18 Å². The van der Waals surface area contributed by atoms with Crippen molar-refractivity contribution in [2.24, 2.45) is 0 Å². The molecule has 0 unspecified atom stereocenters. The van der Waals surface area contributed by atoms with Crippen molar-refractivity contribution in [3.8, 4) is 5.75 Å². The van der Waals surface area contributed by atoms with Gasteiger partial charge in [-0.3, -0.25) is 0 Å². The van der Waals surface area contributed by atoms with Gasteiger partial charge in [0.05, 0.1) is 0 Å². The van der Waals surface area contributed by atoms with Crippen LogP contribution in [0.5, 0.6) is 5.75 Å². The van der Waals surface area contributed by atoms with E-state index in [1.807, 2.05) is 31.1 Å². The number of hydrogen-bond acceptors (Lipinski definition) is 4. The van der Waals surface area contributed by atoms with Crippen LogP contribution in [0.15, 0.2) is 57.7 Å². The summed E-state index contributed by atoms with van der Waals surface area (Å²) >= 11 is 0. The molecule has 5 heteroatoms. The molecule has 24 heavy (non-hydrogen) atoms. The minimum absolute atomic E-state index is 0.241. The van der Waals surface area contributed by atoms with Crippen molar-refractivity contribution in [2.45, 2.75) is 13.2 Å². The van der Waals surface area contributed by atoms with Crippen molar-refractivity contribution in [1.29, 1.82) is 0 Å². The minimum Gasteiger partial charge on any atom is -0.489 e. The molecular weight excluding hydrogens is 309 g/mol. The number of rotatable bonds is 5. The van der Waals surface area contributed by atoms with Gasteiger partial charge in [-0.2, -0.15) is 0 Å². The first kappa shape index (κ1) is 16.2. The van der Waals surface area contributed by atoms with Gasteiger partial charge < -0.3 is 14.1 Å². The van der Waals surface area contributed by atoms with Crippen molar-refractivity contribution in [2.75, 3.05) is 14.1 Å². The highest BCUT2D eigenvalue weighted by Gasteiger charge is 2.08. The third-order valence-electron chi connectivity index (χ3n) is 3.58. The SMILES string of the molecule is CN(C)Cc1cc(=O)oc2cc(OCc3cccc(F)c3)ccc12. The van der Waals surface area contributed by atoms with E-state index in [0.717, 1.165) is 16.5 Å². The van der Waals surface area contributed by atoms with E-state index >= 15 is 0 Å². The summed E-state index contributed by atoms with van der Waals surface area (Å²) in [5, 5.41) is 0.876. The molecule has 3 rings (SSSR count). The predicted octanol–water partition coefficient (Wildman–Crippen LogP) is 3.57. The van der Waals surface area contributed by atoms with Gasteiger partial charge in [0.2, 0.25) is 0 Å². The van der Waals surface area contributed by atoms with E-state index in [1.54, 1.807) is 18.2 Å². The Labute approximate surface area is 139 Å². The van der Waals surface area contributed by atoms with Crippen molar-refractivity contribution < 1.29 is 13.5 Å². The second kappa shape index (κ2) is 6.84. The number of hydrogen-bond donors (Lipinski definition) is 0. The monoisotopic (exact) mass is 327 g/mol. The maximum absolute atomic E-state index is 13.2. The summed E-state index contributed by atoms with van der Waals surface area (Å²) in [5.74, 6) is 0.269. The Morgan fingerprint density at radius 2 is 1.96 bits per heavy atom. The van der Waals surface area contributed by atoms with E-state index in [4.69, 9.17) is 9.15 Å². The van der Waals surface area contributed by atoms with Crippen LogP contribution in [0.4, 0.5) is 4.39 Å². The minimum atomic E-state index is -0.387. The van der Waals surface area contributed by atoms with Gasteiger partial charge in [-0.25, -0.2) is 9.18 Å². The summed E-state index contributed by atoms with van der Waals surface area (Å²) in [6, 6.07) is 13.1. The molecule has 0 aliphatic carbocycles. The van der Waals surface area contributed by atoms with Crippen LogP contribution in [-0.2, 0) is 13.2 Å². The number of fused-ring (bicyclic) bond motifs is 1. The number of benzene rings is 2. The van der Waals surface area contributed by atoms with Crippen LogP contribution in [0.2, 0.25) is 0 Å². The highest BCUT2D eigenvalue weighted by molar-refractivity contribution is 5.81. The molecule has 0 saturated carbocycles. The average molecular weight is 327 g/mol. The third kappa shape index (κ3) is 3.81. The molecule has 0 aliphatic heterocycles. The molecule has 3 aromatic rings. The Balaban J connectivity index is 1.87. The van der Waals surface area contributed by atoms with Crippen molar-refractivity contribution >= 4 is 11.0 Å². The molecule has 0 bridgehead atoms. The van der Waals surface area contributed by atoms with Gasteiger partial charge in [-0.1, -0.05) is 12.1 Å². The first-order valence-corrected chi connectivity index (χ1v) is 7.60. The molecule has 2 aromatic carbocycles. The maximum atomic E-state index is 13.2. The first-order valence-electron chi connectivity index (χ1n) is 7.60. The van der Waals surface area contributed by atoms with Crippen LogP contribution in [0, 0.1) is 5.82 Å². The number of ether oxygens (including phenoxy) is 1. The molecular formula is C19H18FNO3. The van der Waals surface area contributed by atoms with Crippen LogP contribution in [0.3, 0.4) is 0 Å². The summed E-state index contributed by atoms with van der Waals surface area (Å²) in [6.07, 6.45) is 0.